The lowest BCUT2D eigenvalue weighted by molar-refractivity contribution is -0.136. The van der Waals surface area contributed by atoms with Gasteiger partial charge in [0.25, 0.3) is 0 Å². The van der Waals surface area contributed by atoms with E-state index >= 15 is 0 Å². The Hall–Kier alpha value is -2.27. The Kier molecular flexibility index (Phi) is 5.25. The SMILES string of the molecule is COc1cccc2c1ccn2CCC(=O)N1CCCC2=C[C@H]3C[C@@H](CN4CCCC[C@H]34)[C@@H]21. The average Bonchev–Trinajstić information content (AvgIpc) is 3.25. The molecule has 3 aliphatic heterocycles. The van der Waals surface area contributed by atoms with Gasteiger partial charge in [-0.15, -0.1) is 0 Å². The number of hydrogen-bond acceptors (Lipinski definition) is 3. The Labute approximate surface area is 191 Å². The van der Waals surface area contributed by atoms with E-state index in [9.17, 15) is 4.79 Å². The van der Waals surface area contributed by atoms with Crippen molar-refractivity contribution in [2.45, 2.75) is 63.6 Å². The Morgan fingerprint density at radius 1 is 1.16 bits per heavy atom. The van der Waals surface area contributed by atoms with Gasteiger partial charge in [-0.1, -0.05) is 24.1 Å². The van der Waals surface area contributed by atoms with Crippen molar-refractivity contribution in [1.29, 1.82) is 0 Å². The summed E-state index contributed by atoms with van der Waals surface area (Å²) < 4.78 is 7.70. The molecule has 3 saturated heterocycles. The highest BCUT2D eigenvalue weighted by molar-refractivity contribution is 5.86. The third kappa shape index (κ3) is 3.37. The van der Waals surface area contributed by atoms with Gasteiger partial charge in [0.2, 0.25) is 5.91 Å². The molecule has 32 heavy (non-hydrogen) atoms. The van der Waals surface area contributed by atoms with Crippen molar-refractivity contribution in [2.24, 2.45) is 11.8 Å². The van der Waals surface area contributed by atoms with Gasteiger partial charge in [-0.2, -0.15) is 0 Å². The first-order chi connectivity index (χ1) is 15.7. The lowest BCUT2D eigenvalue weighted by Crippen LogP contribution is -2.60. The van der Waals surface area contributed by atoms with Gasteiger partial charge in [0, 0.05) is 43.7 Å². The number of rotatable bonds is 4. The molecule has 0 spiro atoms. The summed E-state index contributed by atoms with van der Waals surface area (Å²) in [6.45, 7) is 4.09. The zero-order valence-corrected chi connectivity index (χ0v) is 19.2. The molecule has 1 amide bonds. The highest BCUT2D eigenvalue weighted by Gasteiger charge is 2.46. The molecule has 1 aromatic heterocycles. The Balaban J connectivity index is 1.20. The van der Waals surface area contributed by atoms with Crippen molar-refractivity contribution in [3.8, 4) is 5.75 Å². The number of nitrogens with zero attached hydrogens (tertiary/aromatic N) is 3. The molecular weight excluding hydrogens is 398 g/mol. The Bertz CT molecular complexity index is 1040. The maximum Gasteiger partial charge on any atom is 0.224 e. The van der Waals surface area contributed by atoms with Gasteiger partial charge in [-0.25, -0.2) is 0 Å². The van der Waals surface area contributed by atoms with Crippen LogP contribution in [0.1, 0.15) is 44.9 Å². The van der Waals surface area contributed by atoms with Crippen LogP contribution in [0.2, 0.25) is 0 Å². The van der Waals surface area contributed by atoms with E-state index < -0.39 is 0 Å². The quantitative estimate of drug-likeness (QED) is 0.668. The molecule has 5 heteroatoms. The number of carbonyl (C=O) groups is 1. The maximum atomic E-state index is 13.5. The monoisotopic (exact) mass is 433 g/mol. The molecule has 5 nitrogen and oxygen atoms in total. The third-order valence-electron chi connectivity index (χ3n) is 8.54. The first kappa shape index (κ1) is 20.3. The lowest BCUT2D eigenvalue weighted by Gasteiger charge is -2.54. The summed E-state index contributed by atoms with van der Waals surface area (Å²) in [5, 5.41) is 1.11. The van der Waals surface area contributed by atoms with Crippen LogP contribution in [0.15, 0.2) is 42.1 Å². The van der Waals surface area contributed by atoms with Crippen molar-refractivity contribution in [1.82, 2.24) is 14.4 Å². The predicted molar refractivity (Wildman–Crippen MR) is 127 cm³/mol. The van der Waals surface area contributed by atoms with Crippen LogP contribution >= 0.6 is 0 Å². The van der Waals surface area contributed by atoms with Crippen LogP contribution in [-0.4, -0.2) is 59.1 Å². The minimum absolute atomic E-state index is 0.324. The molecule has 4 atom stereocenters. The van der Waals surface area contributed by atoms with E-state index in [-0.39, 0.29) is 0 Å². The van der Waals surface area contributed by atoms with Crippen molar-refractivity contribution >= 4 is 16.8 Å². The van der Waals surface area contributed by atoms with Gasteiger partial charge in [0.05, 0.1) is 18.7 Å². The first-order valence-electron chi connectivity index (χ1n) is 12.6. The summed E-state index contributed by atoms with van der Waals surface area (Å²) in [5.41, 5.74) is 2.72. The van der Waals surface area contributed by atoms with Crippen LogP contribution in [0.4, 0.5) is 0 Å². The van der Waals surface area contributed by atoms with Gasteiger partial charge >= 0.3 is 0 Å². The second kappa shape index (κ2) is 8.26. The summed E-state index contributed by atoms with van der Waals surface area (Å²) in [5.74, 6) is 2.56. The minimum atomic E-state index is 0.324. The maximum absolute atomic E-state index is 13.5. The molecule has 4 aliphatic rings. The van der Waals surface area contributed by atoms with E-state index in [1.54, 1.807) is 12.7 Å². The number of likely N-dealkylation sites (tertiary alicyclic amines) is 1. The van der Waals surface area contributed by atoms with Gasteiger partial charge in [-0.3, -0.25) is 9.69 Å². The van der Waals surface area contributed by atoms with Gasteiger partial charge < -0.3 is 14.2 Å². The number of carbonyl (C=O) groups excluding carboxylic acids is 1. The van der Waals surface area contributed by atoms with Gasteiger partial charge in [0.1, 0.15) is 5.75 Å². The summed E-state index contributed by atoms with van der Waals surface area (Å²) in [6.07, 6.45) is 12.9. The van der Waals surface area contributed by atoms with Crippen molar-refractivity contribution < 1.29 is 9.53 Å². The highest BCUT2D eigenvalue weighted by atomic mass is 16.5. The van der Waals surface area contributed by atoms with E-state index in [0.717, 1.165) is 48.1 Å². The van der Waals surface area contributed by atoms with Gasteiger partial charge in [-0.05, 0) is 68.7 Å². The van der Waals surface area contributed by atoms with Crippen LogP contribution in [0, 0.1) is 11.8 Å². The summed E-state index contributed by atoms with van der Waals surface area (Å²) >= 11 is 0. The fourth-order valence-corrected chi connectivity index (χ4v) is 7.18. The summed E-state index contributed by atoms with van der Waals surface area (Å²) in [7, 11) is 1.71. The molecule has 2 aromatic rings. The molecule has 0 unspecified atom stereocenters. The lowest BCUT2D eigenvalue weighted by atomic mass is 9.68. The summed E-state index contributed by atoms with van der Waals surface area (Å²) in [4.78, 5) is 18.5. The molecule has 1 aromatic carbocycles. The number of benzene rings is 1. The molecule has 4 heterocycles. The number of aromatic nitrogens is 1. The second-order valence-electron chi connectivity index (χ2n) is 10.2. The molecule has 1 aliphatic carbocycles. The van der Waals surface area contributed by atoms with E-state index in [1.807, 2.05) is 12.1 Å². The number of amides is 1. The van der Waals surface area contributed by atoms with Crippen LogP contribution in [0.25, 0.3) is 10.9 Å². The number of aryl methyl sites for hydroxylation is 1. The fourth-order valence-electron chi connectivity index (χ4n) is 7.18. The molecule has 6 rings (SSSR count). The Morgan fingerprint density at radius 3 is 3.00 bits per heavy atom. The van der Waals surface area contributed by atoms with E-state index in [4.69, 9.17) is 4.74 Å². The van der Waals surface area contributed by atoms with Crippen molar-refractivity contribution in [3.63, 3.8) is 0 Å². The molecule has 2 bridgehead atoms. The standard InChI is InChI=1S/C27H35N3O2/c1-32-25-9-4-8-24-22(25)10-14-28(24)15-11-26(31)30-13-5-6-19-16-20-17-21(27(19)30)18-29-12-3-2-7-23(20)29/h4,8-10,14,16,20-21,23,27H,2-3,5-7,11-13,15,17-18H2,1H3/t20-,21-,23+,27+/m0/s1. The number of hydrogen-bond donors (Lipinski definition) is 0. The molecule has 3 fully saturated rings. The van der Waals surface area contributed by atoms with Crippen molar-refractivity contribution in [3.05, 3.63) is 42.1 Å². The van der Waals surface area contributed by atoms with Crippen LogP contribution in [-0.2, 0) is 11.3 Å². The molecule has 0 N–H and O–H groups in total. The second-order valence-corrected chi connectivity index (χ2v) is 10.2. The van der Waals surface area contributed by atoms with Crippen LogP contribution in [0.3, 0.4) is 0 Å². The smallest absolute Gasteiger partial charge is 0.224 e. The average molecular weight is 434 g/mol. The topological polar surface area (TPSA) is 37.7 Å². The van der Waals surface area contributed by atoms with Crippen LogP contribution in [0.5, 0.6) is 5.75 Å². The molecule has 0 radical (unpaired) electrons. The van der Waals surface area contributed by atoms with Gasteiger partial charge in [0.15, 0.2) is 0 Å². The molecule has 0 saturated carbocycles. The first-order valence-corrected chi connectivity index (χ1v) is 12.6. The van der Waals surface area contributed by atoms with E-state index in [1.165, 1.54) is 45.2 Å². The Morgan fingerprint density at radius 2 is 2.09 bits per heavy atom. The number of fused-ring (bicyclic) bond motifs is 7. The summed E-state index contributed by atoms with van der Waals surface area (Å²) in [6, 6.07) is 9.33. The predicted octanol–water partition coefficient (Wildman–Crippen LogP) is 4.46. The van der Waals surface area contributed by atoms with E-state index in [2.05, 4.69) is 38.8 Å². The number of ether oxygens (including phenoxy) is 1. The minimum Gasteiger partial charge on any atom is -0.496 e. The van der Waals surface area contributed by atoms with E-state index in [0.29, 0.717) is 24.3 Å². The zero-order chi connectivity index (χ0) is 21.7. The largest absolute Gasteiger partial charge is 0.496 e. The third-order valence-corrected chi connectivity index (χ3v) is 8.54. The molecule has 170 valence electrons. The zero-order valence-electron chi connectivity index (χ0n) is 19.2. The molecular formula is C27H35N3O2. The van der Waals surface area contributed by atoms with Crippen molar-refractivity contribution in [2.75, 3.05) is 26.7 Å². The van der Waals surface area contributed by atoms with Crippen LogP contribution < -0.4 is 4.74 Å². The normalized spacial score (nSPS) is 29.9. The number of piperidine rings is 3. The highest BCUT2D eigenvalue weighted by Crippen LogP contribution is 2.45. The number of methoxy groups -OCH3 is 1. The fraction of sp³-hybridized carbons (Fsp3) is 0.593.